The number of hydrogen-bond acceptors (Lipinski definition) is 2. The molecule has 0 heterocycles. The maximum absolute atomic E-state index is 12.7. The largest absolute Gasteiger partial charge is 0.385 e. The average Bonchev–Trinajstić information content (AvgIpc) is 3.65. The molecule has 0 saturated heterocycles. The molecule has 3 aliphatic rings. The number of rotatable bonds is 13. The van der Waals surface area contributed by atoms with Gasteiger partial charge in [-0.1, -0.05) is 37.3 Å². The fourth-order valence-electron chi connectivity index (χ4n) is 8.72. The smallest absolute Gasteiger partial charge is 0.136 e. The first-order valence-corrected chi connectivity index (χ1v) is 17.2. The molecule has 2 atom stereocenters. The van der Waals surface area contributed by atoms with Gasteiger partial charge in [0, 0.05) is 20.1 Å². The Balaban J connectivity index is 1.53. The van der Waals surface area contributed by atoms with Gasteiger partial charge in [-0.25, -0.2) is 0 Å². The molecule has 2 unspecified atom stereocenters. The van der Waals surface area contributed by atoms with Gasteiger partial charge in [0.2, 0.25) is 0 Å². The lowest BCUT2D eigenvalue weighted by Gasteiger charge is -2.46. The average molecular weight is 500 g/mol. The maximum atomic E-state index is 12.7. The van der Waals surface area contributed by atoms with Crippen LogP contribution in [0.15, 0.2) is 30.3 Å². The number of carbonyl (C=O) groups is 1. The minimum atomic E-state index is -1.07. The lowest BCUT2D eigenvalue weighted by molar-refractivity contribution is -0.124. The van der Waals surface area contributed by atoms with Crippen molar-refractivity contribution in [1.29, 1.82) is 0 Å². The first-order valence-electron chi connectivity index (χ1n) is 15.2. The monoisotopic (exact) mass is 499 g/mol. The predicted octanol–water partition coefficient (Wildman–Crippen LogP) is 9.04. The van der Waals surface area contributed by atoms with E-state index < -0.39 is 12.9 Å². The van der Waals surface area contributed by atoms with Crippen LogP contribution >= 0.6 is 7.26 Å². The third-order valence-electron chi connectivity index (χ3n) is 10.2. The quantitative estimate of drug-likeness (QED) is 0.275. The summed E-state index contributed by atoms with van der Waals surface area (Å²) in [6.45, 7) is 4.70. The van der Waals surface area contributed by atoms with Gasteiger partial charge >= 0.3 is 0 Å². The van der Waals surface area contributed by atoms with Crippen LogP contribution in [0.1, 0.15) is 135 Å². The van der Waals surface area contributed by atoms with Crippen molar-refractivity contribution < 1.29 is 9.90 Å². The minimum Gasteiger partial charge on any atom is -0.385 e. The summed E-state index contributed by atoms with van der Waals surface area (Å²) in [5.74, 6) is 0.205. The highest BCUT2D eigenvalue weighted by Crippen LogP contribution is 2.81. The molecule has 0 aliphatic heterocycles. The highest BCUT2D eigenvalue weighted by molar-refractivity contribution is 7.78. The number of hydrogen-bond donors (Lipinski definition) is 1. The van der Waals surface area contributed by atoms with E-state index in [-0.39, 0.29) is 12.2 Å². The van der Waals surface area contributed by atoms with Crippen molar-refractivity contribution in [2.75, 3.05) is 0 Å². The first kappa shape index (κ1) is 27.3. The van der Waals surface area contributed by atoms with Crippen molar-refractivity contribution in [2.24, 2.45) is 0 Å². The van der Waals surface area contributed by atoms with Crippen LogP contribution in [-0.2, 0) is 10.4 Å². The highest BCUT2D eigenvalue weighted by Gasteiger charge is 2.61. The third kappa shape index (κ3) is 6.06. The molecule has 3 saturated carbocycles. The van der Waals surface area contributed by atoms with Crippen LogP contribution in [0.25, 0.3) is 0 Å². The summed E-state index contributed by atoms with van der Waals surface area (Å²) in [6, 6.07) is 10.1. The van der Waals surface area contributed by atoms with Gasteiger partial charge in [0.15, 0.2) is 0 Å². The van der Waals surface area contributed by atoms with Crippen molar-refractivity contribution in [3.8, 4) is 0 Å². The molecule has 3 fully saturated rings. The molecule has 3 aliphatic carbocycles. The molecule has 1 aromatic rings. The van der Waals surface area contributed by atoms with Crippen molar-refractivity contribution in [3.05, 3.63) is 35.9 Å². The summed E-state index contributed by atoms with van der Waals surface area (Å²) >= 11 is 0. The second kappa shape index (κ2) is 12.7. The molecule has 0 radical (unpaired) electrons. The van der Waals surface area contributed by atoms with E-state index in [1.54, 1.807) is 0 Å². The van der Waals surface area contributed by atoms with Crippen molar-refractivity contribution in [1.82, 2.24) is 0 Å². The number of carbonyl (C=O) groups excluding carboxylic acids is 1. The van der Waals surface area contributed by atoms with Crippen LogP contribution in [0, 0.1) is 0 Å². The van der Waals surface area contributed by atoms with Crippen LogP contribution in [0.5, 0.6) is 0 Å². The number of Topliss-reactive ketones (excluding diaryl/α,β-unsaturated/α-hetero) is 1. The predicted molar refractivity (Wildman–Crippen MR) is 152 cm³/mol. The van der Waals surface area contributed by atoms with Gasteiger partial charge < -0.3 is 5.11 Å². The number of ketones is 1. The molecular weight excluding hydrogens is 447 g/mol. The summed E-state index contributed by atoms with van der Waals surface area (Å²) in [6.07, 6.45) is 22.5. The molecule has 2 nitrogen and oxygen atoms in total. The summed E-state index contributed by atoms with van der Waals surface area (Å²) < 4.78 is 0. The van der Waals surface area contributed by atoms with Crippen LogP contribution in [0.2, 0.25) is 0 Å². The van der Waals surface area contributed by atoms with Crippen molar-refractivity contribution in [2.45, 2.75) is 158 Å². The van der Waals surface area contributed by atoms with E-state index in [1.165, 1.54) is 83.5 Å². The van der Waals surface area contributed by atoms with Crippen LogP contribution in [0.4, 0.5) is 0 Å². The number of aliphatic hydroxyl groups is 1. The molecule has 0 spiro atoms. The summed E-state index contributed by atoms with van der Waals surface area (Å²) in [5.41, 5.74) is 3.83. The lowest BCUT2D eigenvalue weighted by atomic mass is 9.83. The second-order valence-corrected chi connectivity index (χ2v) is 17.2. The van der Waals surface area contributed by atoms with Gasteiger partial charge in [-0.2, -0.15) is 0 Å². The van der Waals surface area contributed by atoms with Crippen LogP contribution in [-0.4, -0.2) is 33.5 Å². The molecule has 0 aromatic heterocycles. The van der Waals surface area contributed by atoms with E-state index in [9.17, 15) is 9.90 Å². The van der Waals surface area contributed by atoms with E-state index in [0.717, 1.165) is 47.5 Å². The molecule has 3 heteroatoms. The maximum Gasteiger partial charge on any atom is 0.136 e. The summed E-state index contributed by atoms with van der Waals surface area (Å²) in [7, 11) is -1.07. The van der Waals surface area contributed by atoms with Crippen molar-refractivity contribution >= 4 is 13.0 Å². The van der Waals surface area contributed by atoms with E-state index in [2.05, 4.69) is 13.8 Å². The number of benzene rings is 1. The van der Waals surface area contributed by atoms with Gasteiger partial charge in [-0.15, -0.1) is 0 Å². The third-order valence-corrected chi connectivity index (χ3v) is 17.3. The molecular formula is C32H52O2P+. The van der Waals surface area contributed by atoms with E-state index >= 15 is 0 Å². The van der Waals surface area contributed by atoms with Crippen LogP contribution in [0.3, 0.4) is 0 Å². The van der Waals surface area contributed by atoms with Gasteiger partial charge in [0.05, 0.1) is 28.2 Å². The normalized spacial score (nSPS) is 23.1. The van der Waals surface area contributed by atoms with Gasteiger partial charge in [-0.05, 0) is 115 Å². The molecule has 35 heavy (non-hydrogen) atoms. The van der Waals surface area contributed by atoms with Gasteiger partial charge in [0.1, 0.15) is 5.78 Å². The Morgan fingerprint density at radius 3 is 1.86 bits per heavy atom. The zero-order valence-corrected chi connectivity index (χ0v) is 23.6. The Kier molecular flexibility index (Phi) is 9.90. The Bertz CT molecular complexity index is 733. The Morgan fingerprint density at radius 2 is 1.40 bits per heavy atom. The van der Waals surface area contributed by atoms with Crippen LogP contribution < -0.4 is 0 Å². The highest BCUT2D eigenvalue weighted by atomic mass is 31.2. The molecule has 4 rings (SSSR count). The zero-order valence-electron chi connectivity index (χ0n) is 22.7. The Labute approximate surface area is 216 Å². The lowest BCUT2D eigenvalue weighted by Crippen LogP contribution is -2.36. The first-order chi connectivity index (χ1) is 17.0. The standard InChI is InChI=1S/C32H52O2P/c1-3-14-28(33)25-32(34,27-16-5-4-6-17-27)24-13-15-26(2)35(29-18-7-8-19-29,30-20-9-10-21-30)31-22-11-12-23-31/h4-6,16-17,26,29-31,34H,3,7-15,18-25H2,1-2H3/q+1. The summed E-state index contributed by atoms with van der Waals surface area (Å²) in [5, 5.41) is 11.8. The van der Waals surface area contributed by atoms with Crippen molar-refractivity contribution in [3.63, 3.8) is 0 Å². The molecule has 1 N–H and O–H groups in total. The molecule has 196 valence electrons. The zero-order chi connectivity index (χ0) is 24.7. The molecule has 1 aromatic carbocycles. The Morgan fingerprint density at radius 1 is 0.914 bits per heavy atom. The molecule has 0 amide bonds. The van der Waals surface area contributed by atoms with E-state index in [1.807, 2.05) is 30.3 Å². The minimum absolute atomic E-state index is 0.205. The van der Waals surface area contributed by atoms with E-state index in [0.29, 0.717) is 6.42 Å². The fraction of sp³-hybridized carbons (Fsp3) is 0.781. The van der Waals surface area contributed by atoms with Gasteiger partial charge in [-0.3, -0.25) is 4.79 Å². The Hall–Kier alpha value is -0.720. The van der Waals surface area contributed by atoms with Gasteiger partial charge in [0.25, 0.3) is 0 Å². The molecule has 0 bridgehead atoms. The second-order valence-electron chi connectivity index (χ2n) is 12.3. The van der Waals surface area contributed by atoms with E-state index in [4.69, 9.17) is 0 Å². The summed E-state index contributed by atoms with van der Waals surface area (Å²) in [4.78, 5) is 12.7. The topological polar surface area (TPSA) is 37.3 Å². The SMILES string of the molecule is CCCC(=O)CC(O)(CCCC(C)[P+](C1CCCC1)(C1CCCC1)C1CCCC1)c1ccccc1. The fourth-order valence-corrected chi connectivity index (χ4v) is 17.1.